The van der Waals surface area contributed by atoms with Crippen molar-refractivity contribution < 1.29 is 17.7 Å². The second-order valence-electron chi connectivity index (χ2n) is 8.74. The molecule has 3 aliphatic rings. The normalized spacial score (nSPS) is 19.8. The van der Waals surface area contributed by atoms with Crippen molar-refractivity contribution in [1.82, 2.24) is 0 Å². The molecule has 2 heterocycles. The number of ether oxygens (including phenoxy) is 1. The molecule has 8 heteroatoms. The van der Waals surface area contributed by atoms with Gasteiger partial charge in [-0.1, -0.05) is 60.7 Å². The molecule has 0 amide bonds. The molecule has 3 aromatic carbocycles. The van der Waals surface area contributed by atoms with Crippen LogP contribution in [0.2, 0.25) is 0 Å². The van der Waals surface area contributed by atoms with E-state index in [2.05, 4.69) is 4.99 Å². The highest BCUT2D eigenvalue weighted by molar-refractivity contribution is 7.91. The molecule has 2 N–H and O–H groups in total. The number of aliphatic imine (C=N–C) groups is 2. The maximum atomic E-state index is 13.3. The number of quaternary nitrogens is 1. The van der Waals surface area contributed by atoms with Crippen molar-refractivity contribution >= 4 is 21.9 Å². The summed E-state index contributed by atoms with van der Waals surface area (Å²) in [4.78, 5) is 9.61. The second kappa shape index (κ2) is 8.94. The summed E-state index contributed by atoms with van der Waals surface area (Å²) in [7, 11) is -3.68. The van der Waals surface area contributed by atoms with E-state index >= 15 is 0 Å². The number of amidine groups is 1. The van der Waals surface area contributed by atoms with Crippen LogP contribution in [0.15, 0.2) is 146 Å². The predicted octanol–water partition coefficient (Wildman–Crippen LogP) is 4.81. The molecule has 0 saturated heterocycles. The molecule has 1 aliphatic carbocycles. The number of rotatable bonds is 7. The predicted molar refractivity (Wildman–Crippen MR) is 142 cm³/mol. The van der Waals surface area contributed by atoms with Gasteiger partial charge in [0.05, 0.1) is 27.8 Å². The van der Waals surface area contributed by atoms with Gasteiger partial charge >= 0.3 is 0 Å². The van der Waals surface area contributed by atoms with Crippen LogP contribution in [0.25, 0.3) is 0 Å². The van der Waals surface area contributed by atoms with Gasteiger partial charge in [0.25, 0.3) is 5.84 Å². The number of hydrogen-bond acceptors (Lipinski definition) is 6. The van der Waals surface area contributed by atoms with Crippen LogP contribution in [0.5, 0.6) is 5.75 Å². The van der Waals surface area contributed by atoms with Crippen molar-refractivity contribution in [3.63, 3.8) is 0 Å². The van der Waals surface area contributed by atoms with E-state index in [1.54, 1.807) is 73.2 Å². The van der Waals surface area contributed by atoms with Crippen molar-refractivity contribution in [3.8, 4) is 5.75 Å². The van der Waals surface area contributed by atoms with Crippen LogP contribution < -0.4 is 10.6 Å². The Labute approximate surface area is 215 Å². The summed E-state index contributed by atoms with van der Waals surface area (Å²) in [6.45, 7) is 0.0831. The summed E-state index contributed by atoms with van der Waals surface area (Å²) in [5, 5.41) is 0. The van der Waals surface area contributed by atoms with E-state index in [9.17, 15) is 8.42 Å². The zero-order valence-electron chi connectivity index (χ0n) is 19.7. The van der Waals surface area contributed by atoms with Crippen LogP contribution in [-0.2, 0) is 16.4 Å². The van der Waals surface area contributed by atoms with Crippen molar-refractivity contribution in [3.05, 3.63) is 138 Å². The Balaban J connectivity index is 1.28. The summed E-state index contributed by atoms with van der Waals surface area (Å²) in [5.74, 6) is 8.02. The van der Waals surface area contributed by atoms with E-state index in [1.165, 1.54) is 0 Å². The summed E-state index contributed by atoms with van der Waals surface area (Å²) in [5.41, 5.74) is 3.95. The topological polar surface area (TPSA) is 94.1 Å². The summed E-state index contributed by atoms with van der Waals surface area (Å²) in [6.07, 6.45) is 11.1. The molecule has 37 heavy (non-hydrogen) atoms. The number of sulfone groups is 1. The SMILES string of the molecule is N[N+]12C=CN=CC1=C(C1=CC=C1)N=C2c1cccc(OCc2ccccc2S(=O)(=O)c2ccccc2)c1. The first-order valence-corrected chi connectivity index (χ1v) is 13.2. The number of benzene rings is 3. The molecule has 3 aromatic rings. The first-order valence-electron chi connectivity index (χ1n) is 11.7. The van der Waals surface area contributed by atoms with Crippen molar-refractivity contribution in [2.24, 2.45) is 15.8 Å². The Kier molecular flexibility index (Phi) is 5.57. The molecule has 1 unspecified atom stereocenters. The van der Waals surface area contributed by atoms with Crippen LogP contribution in [0.4, 0.5) is 0 Å². The van der Waals surface area contributed by atoms with Crippen molar-refractivity contribution in [2.45, 2.75) is 16.4 Å². The van der Waals surface area contributed by atoms with Crippen LogP contribution in [0, 0.1) is 0 Å². The summed E-state index contributed by atoms with van der Waals surface area (Å²) in [6, 6.07) is 22.8. The van der Waals surface area contributed by atoms with Gasteiger partial charge in [-0.05, 0) is 36.4 Å². The number of nitrogens with two attached hydrogens (primary N) is 1. The molecule has 182 valence electrons. The Morgan fingerprint density at radius 2 is 1.73 bits per heavy atom. The van der Waals surface area contributed by atoms with E-state index in [4.69, 9.17) is 15.6 Å². The molecule has 0 spiro atoms. The standard InChI is InChI=1S/C29H23N4O3S/c30-33-17-16-31-19-26(33)28(21-9-6-10-21)32-29(33)22-11-7-12-24(18-22)36-20-23-8-4-5-15-27(23)37(34,35)25-13-2-1-3-14-25/h1-19H,20,30H2/q+1. The summed E-state index contributed by atoms with van der Waals surface area (Å²) < 4.78 is 32.5. The van der Waals surface area contributed by atoms with Gasteiger partial charge in [0.1, 0.15) is 24.3 Å². The lowest BCUT2D eigenvalue weighted by Crippen LogP contribution is -2.53. The van der Waals surface area contributed by atoms with Crippen LogP contribution in [0.1, 0.15) is 11.1 Å². The minimum atomic E-state index is -3.68. The van der Waals surface area contributed by atoms with Gasteiger partial charge in [-0.2, -0.15) is 10.8 Å². The lowest BCUT2D eigenvalue weighted by Gasteiger charge is -2.26. The highest BCUT2D eigenvalue weighted by atomic mass is 32.2. The number of hydrogen-bond donors (Lipinski definition) is 1. The number of allylic oxidation sites excluding steroid dienone is 4. The first-order chi connectivity index (χ1) is 18.0. The van der Waals surface area contributed by atoms with Crippen molar-refractivity contribution in [2.75, 3.05) is 0 Å². The average Bonchev–Trinajstić information content (AvgIpc) is 3.20. The molecule has 1 atom stereocenters. The third-order valence-electron chi connectivity index (χ3n) is 6.42. The second-order valence-corrected chi connectivity index (χ2v) is 10.7. The molecule has 0 radical (unpaired) electrons. The fourth-order valence-electron chi connectivity index (χ4n) is 4.44. The minimum Gasteiger partial charge on any atom is -0.489 e. The van der Waals surface area contributed by atoms with E-state index in [-0.39, 0.29) is 21.0 Å². The fourth-order valence-corrected chi connectivity index (χ4v) is 5.94. The molecule has 0 aromatic heterocycles. The zero-order valence-corrected chi connectivity index (χ0v) is 20.5. The third-order valence-corrected chi connectivity index (χ3v) is 8.29. The number of fused-ring (bicyclic) bond motifs is 1. The molecule has 6 rings (SSSR count). The molecule has 0 saturated carbocycles. The molecule has 0 fully saturated rings. The smallest absolute Gasteiger partial charge is 0.265 e. The minimum absolute atomic E-state index is 0.0831. The third kappa shape index (κ3) is 3.97. The number of nitrogens with zero attached hydrogens (tertiary/aromatic N) is 3. The quantitative estimate of drug-likeness (QED) is 0.367. The Bertz CT molecular complexity index is 1700. The van der Waals surface area contributed by atoms with Crippen molar-refractivity contribution in [1.29, 1.82) is 0 Å². The largest absolute Gasteiger partial charge is 0.489 e. The summed E-state index contributed by atoms with van der Waals surface area (Å²) >= 11 is 0. The molecule has 7 nitrogen and oxygen atoms in total. The van der Waals surface area contributed by atoms with E-state index in [0.717, 1.165) is 22.5 Å². The molecule has 0 bridgehead atoms. The first kappa shape index (κ1) is 23.1. The molecule has 2 aliphatic heterocycles. The van der Waals surface area contributed by atoms with E-state index < -0.39 is 9.84 Å². The van der Waals surface area contributed by atoms with Gasteiger partial charge in [0.15, 0.2) is 0 Å². The van der Waals surface area contributed by atoms with Gasteiger partial charge in [-0.25, -0.2) is 8.42 Å². The monoisotopic (exact) mass is 507 g/mol. The van der Waals surface area contributed by atoms with Gasteiger partial charge < -0.3 is 4.74 Å². The zero-order chi connectivity index (χ0) is 25.5. The van der Waals surface area contributed by atoms with Gasteiger partial charge in [-0.3, -0.25) is 4.99 Å². The van der Waals surface area contributed by atoms with E-state index in [0.29, 0.717) is 17.1 Å². The maximum Gasteiger partial charge on any atom is 0.265 e. The van der Waals surface area contributed by atoms with Gasteiger partial charge in [-0.15, -0.1) is 4.59 Å². The highest BCUT2D eigenvalue weighted by Crippen LogP contribution is 2.36. The Morgan fingerprint density at radius 3 is 2.51 bits per heavy atom. The Morgan fingerprint density at radius 1 is 0.946 bits per heavy atom. The lowest BCUT2D eigenvalue weighted by molar-refractivity contribution is -0.750. The highest BCUT2D eigenvalue weighted by Gasteiger charge is 2.44. The van der Waals surface area contributed by atoms with Crippen LogP contribution in [-0.4, -0.2) is 25.1 Å². The Hall–Kier alpha value is -4.37. The van der Waals surface area contributed by atoms with E-state index in [1.807, 2.05) is 42.5 Å². The van der Waals surface area contributed by atoms with Gasteiger partial charge in [0, 0.05) is 11.1 Å². The molecular formula is C29H23N4O3S+. The van der Waals surface area contributed by atoms with Crippen LogP contribution in [0.3, 0.4) is 0 Å². The molecular weight excluding hydrogens is 484 g/mol. The fraction of sp³-hybridized carbons (Fsp3) is 0.0345. The average molecular weight is 508 g/mol. The lowest BCUT2D eigenvalue weighted by atomic mass is 10.0. The van der Waals surface area contributed by atoms with Gasteiger partial charge in [0.2, 0.25) is 15.5 Å². The maximum absolute atomic E-state index is 13.3. The van der Waals surface area contributed by atoms with Crippen LogP contribution >= 0.6 is 0 Å².